The number of fused-ring (bicyclic) bond motifs is 8. The van der Waals surface area contributed by atoms with E-state index in [-0.39, 0.29) is 33.4 Å². The lowest BCUT2D eigenvalue weighted by molar-refractivity contribution is 0.0676. The van der Waals surface area contributed by atoms with Gasteiger partial charge in [0.2, 0.25) is 0 Å². The van der Waals surface area contributed by atoms with Gasteiger partial charge >= 0.3 is 23.9 Å². The number of H-pyrrole nitrogens is 2. The summed E-state index contributed by atoms with van der Waals surface area (Å²) in [6.45, 7) is 0. The predicted molar refractivity (Wildman–Crippen MR) is 259 cm³/mol. The predicted octanol–water partition coefficient (Wildman–Crippen LogP) is 13.2. The maximum Gasteiger partial charge on any atom is 0.335 e. The molecule has 5 heterocycles. The van der Waals surface area contributed by atoms with Crippen LogP contribution in [0.15, 0.2) is 115 Å². The lowest BCUT2D eigenvalue weighted by atomic mass is 9.98. The molecule has 0 fully saturated rings. The number of nitrogens with one attached hydrogen (secondary N) is 2. The molecule has 0 spiro atoms. The first-order valence-electron chi connectivity index (χ1n) is 19.0. The number of aromatic amines is 2. The summed E-state index contributed by atoms with van der Waals surface area (Å²) in [5, 5.41) is 40.6. The van der Waals surface area contributed by atoms with Gasteiger partial charge in [0.05, 0.1) is 45.0 Å². The first-order chi connectivity index (χ1) is 30.7. The van der Waals surface area contributed by atoms with Gasteiger partial charge < -0.3 is 30.4 Å². The van der Waals surface area contributed by atoms with E-state index in [0.29, 0.717) is 96.1 Å². The van der Waals surface area contributed by atoms with Gasteiger partial charge in [0.15, 0.2) is 0 Å². The van der Waals surface area contributed by atoms with Crippen LogP contribution in [-0.2, 0) is 0 Å². The van der Waals surface area contributed by atoms with Crippen molar-refractivity contribution in [2.24, 2.45) is 0 Å². The van der Waals surface area contributed by atoms with Gasteiger partial charge in [-0.2, -0.15) is 0 Å². The van der Waals surface area contributed by atoms with E-state index in [2.05, 4.69) is 73.7 Å². The van der Waals surface area contributed by atoms with Gasteiger partial charge in [-0.05, 0) is 120 Å². The molecule has 6 N–H and O–H groups in total. The lowest BCUT2D eigenvalue weighted by Crippen LogP contribution is -2.03. The highest BCUT2D eigenvalue weighted by atomic mass is 79.9. The summed E-state index contributed by atoms with van der Waals surface area (Å²) >= 11 is 14.9. The first-order valence-corrected chi connectivity index (χ1v) is 22.1. The molecule has 64 heavy (non-hydrogen) atoms. The van der Waals surface area contributed by atoms with Crippen molar-refractivity contribution >= 4 is 134 Å². The molecule has 2 aliphatic rings. The minimum absolute atomic E-state index is 0.231. The molecule has 0 saturated heterocycles. The number of hydrogen-bond donors (Lipinski definition) is 6. The van der Waals surface area contributed by atoms with Crippen molar-refractivity contribution in [3.8, 4) is 44.5 Å². The van der Waals surface area contributed by atoms with Gasteiger partial charge in [-0.1, -0.05) is 75.9 Å². The normalized spacial score (nSPS) is 11.8. The van der Waals surface area contributed by atoms with Gasteiger partial charge in [0.1, 0.15) is 0 Å². The van der Waals surface area contributed by atoms with Crippen molar-refractivity contribution < 1.29 is 39.6 Å². The zero-order chi connectivity index (χ0) is 45.1. The molecular formula is C48H26Br4N4O8. The molecule has 8 bridgehead atoms. The SMILES string of the molecule is O=C(O)c1cc(C(=O)O)cc(-c2c3nc(c(-c4c(Br)cccc4Br)c4ccc([nH]4)c(-c4cc(C(=O)O)cc(C(=O)O)c4)c4nc(c(-c5c(Br)cccc5Br)c5ccc2[nH]5)C=C4)C=C3)c1. The number of carboxylic acids is 4. The maximum absolute atomic E-state index is 12.4. The van der Waals surface area contributed by atoms with E-state index in [1.807, 2.05) is 48.5 Å². The van der Waals surface area contributed by atoms with Crippen LogP contribution in [0, 0.1) is 0 Å². The fourth-order valence-corrected chi connectivity index (χ4v) is 10.6. The van der Waals surface area contributed by atoms with E-state index in [0.717, 1.165) is 12.1 Å². The monoisotopic (exact) mass is 1100 g/mol. The number of carboxylic acid groups (broad SMARTS) is 4. The number of halogens is 4. The van der Waals surface area contributed by atoms with E-state index in [1.54, 1.807) is 36.4 Å². The smallest absolute Gasteiger partial charge is 0.335 e. The Morgan fingerprint density at radius 1 is 0.375 bits per heavy atom. The van der Waals surface area contributed by atoms with Crippen LogP contribution in [0.1, 0.15) is 64.2 Å². The molecule has 16 heteroatoms. The number of rotatable bonds is 8. The number of aromatic nitrogens is 4. The largest absolute Gasteiger partial charge is 0.478 e. The second kappa shape index (κ2) is 16.8. The minimum atomic E-state index is -1.31. The third kappa shape index (κ3) is 7.72. The van der Waals surface area contributed by atoms with Crippen molar-refractivity contribution in [2.75, 3.05) is 0 Å². The van der Waals surface area contributed by atoms with Gasteiger partial charge in [0.25, 0.3) is 0 Å². The van der Waals surface area contributed by atoms with Crippen LogP contribution in [0.3, 0.4) is 0 Å². The van der Waals surface area contributed by atoms with Gasteiger partial charge in [0, 0.05) is 73.3 Å². The molecule has 12 nitrogen and oxygen atoms in total. The van der Waals surface area contributed by atoms with Crippen LogP contribution in [0.4, 0.5) is 0 Å². The van der Waals surface area contributed by atoms with E-state index < -0.39 is 23.9 Å². The Hall–Kier alpha value is -6.72. The molecule has 3 aromatic heterocycles. The number of carbonyl (C=O) groups is 4. The fraction of sp³-hybridized carbons (Fsp3) is 0. The van der Waals surface area contributed by atoms with Crippen molar-refractivity contribution in [2.45, 2.75) is 0 Å². The molecule has 0 aliphatic carbocycles. The number of benzene rings is 4. The average molecular weight is 1110 g/mol. The van der Waals surface area contributed by atoms with Crippen LogP contribution >= 0.6 is 63.7 Å². The molecule has 0 amide bonds. The van der Waals surface area contributed by atoms with Crippen molar-refractivity contribution in [1.82, 2.24) is 19.9 Å². The second-order valence-corrected chi connectivity index (χ2v) is 17.9. The molecule has 9 rings (SSSR count). The highest BCUT2D eigenvalue weighted by Crippen LogP contribution is 2.44. The number of hydrogen-bond acceptors (Lipinski definition) is 6. The van der Waals surface area contributed by atoms with Gasteiger partial charge in [-0.15, -0.1) is 0 Å². The summed E-state index contributed by atoms with van der Waals surface area (Å²) < 4.78 is 2.83. The average Bonchev–Trinajstić information content (AvgIpc) is 4.10. The van der Waals surface area contributed by atoms with E-state index >= 15 is 0 Å². The molecule has 314 valence electrons. The van der Waals surface area contributed by atoms with Crippen molar-refractivity contribution in [1.29, 1.82) is 0 Å². The molecule has 2 aliphatic heterocycles. The number of aromatic carboxylic acids is 4. The van der Waals surface area contributed by atoms with Crippen molar-refractivity contribution in [3.05, 3.63) is 160 Å². The van der Waals surface area contributed by atoms with Crippen LogP contribution in [-0.4, -0.2) is 64.2 Å². The molecular weight excluding hydrogens is 1080 g/mol. The third-order valence-electron chi connectivity index (χ3n) is 10.6. The lowest BCUT2D eigenvalue weighted by Gasteiger charge is -2.11. The van der Waals surface area contributed by atoms with E-state index in [4.69, 9.17) is 9.97 Å². The van der Waals surface area contributed by atoms with Crippen LogP contribution in [0.2, 0.25) is 0 Å². The Labute approximate surface area is 395 Å². The molecule has 0 saturated carbocycles. The minimum Gasteiger partial charge on any atom is -0.478 e. The summed E-state index contributed by atoms with van der Waals surface area (Å²) in [4.78, 5) is 67.2. The molecule has 0 atom stereocenters. The summed E-state index contributed by atoms with van der Waals surface area (Å²) in [7, 11) is 0. The third-order valence-corrected chi connectivity index (χ3v) is 13.3. The number of nitrogens with zero attached hydrogens (tertiary/aromatic N) is 2. The summed E-state index contributed by atoms with van der Waals surface area (Å²) in [5.74, 6) is -5.24. The van der Waals surface area contributed by atoms with Crippen molar-refractivity contribution in [3.63, 3.8) is 0 Å². The second-order valence-electron chi connectivity index (χ2n) is 14.5. The first kappa shape index (κ1) is 42.6. The topological polar surface area (TPSA) is 207 Å². The molecule has 0 unspecified atom stereocenters. The standard InChI is InChI=1S/C48H26Br4N4O8/c49-27-3-1-4-28(50)41(27)43-35-11-7-31(53-35)39(21-15-23(45(57)58)19-24(16-21)46(59)60)33-9-13-37(55-33)44(42-29(51)5-2-6-30(42)52)38-14-10-34(56-38)40(32-8-12-36(43)54-32)22-17-25(47(61)62)20-26(18-22)48(63)64/h1-20,53,56H,(H,57,58)(H,59,60)(H,61,62)(H,63,64). The van der Waals surface area contributed by atoms with Crippen LogP contribution in [0.25, 0.3) is 90.9 Å². The van der Waals surface area contributed by atoms with Gasteiger partial charge in [-0.25, -0.2) is 29.1 Å². The fourth-order valence-electron chi connectivity index (χ4n) is 7.85. The summed E-state index contributed by atoms with van der Waals surface area (Å²) in [6, 6.07) is 26.3. The Kier molecular flexibility index (Phi) is 11.2. The zero-order valence-corrected chi connectivity index (χ0v) is 38.7. The Morgan fingerprint density at radius 3 is 0.922 bits per heavy atom. The van der Waals surface area contributed by atoms with E-state index in [9.17, 15) is 39.6 Å². The van der Waals surface area contributed by atoms with Gasteiger partial charge in [-0.3, -0.25) is 0 Å². The maximum atomic E-state index is 12.4. The van der Waals surface area contributed by atoms with Crippen LogP contribution in [0.5, 0.6) is 0 Å². The Balaban J connectivity index is 1.53. The summed E-state index contributed by atoms with van der Waals surface area (Å²) in [6.07, 6.45) is 7.15. The highest BCUT2D eigenvalue weighted by molar-refractivity contribution is 9.11. The molecule has 0 radical (unpaired) electrons. The van der Waals surface area contributed by atoms with Crippen LogP contribution < -0.4 is 0 Å². The molecule has 4 aromatic carbocycles. The quantitative estimate of drug-likeness (QED) is 0.0849. The Bertz CT molecular complexity index is 3150. The summed E-state index contributed by atoms with van der Waals surface area (Å²) in [5.41, 5.74) is 6.89. The van der Waals surface area contributed by atoms with E-state index in [1.165, 1.54) is 24.3 Å². The Morgan fingerprint density at radius 2 is 0.641 bits per heavy atom. The zero-order valence-electron chi connectivity index (χ0n) is 32.4. The molecule has 7 aromatic rings. The highest BCUT2D eigenvalue weighted by Gasteiger charge is 2.24.